The summed E-state index contributed by atoms with van der Waals surface area (Å²) in [6.07, 6.45) is 4.65. The van der Waals surface area contributed by atoms with Gasteiger partial charge in [0.05, 0.1) is 12.8 Å². The molecule has 1 atom stereocenters. The second-order valence-corrected chi connectivity index (χ2v) is 6.63. The van der Waals surface area contributed by atoms with Gasteiger partial charge in [0, 0.05) is 6.54 Å². The zero-order valence-electron chi connectivity index (χ0n) is 15.3. The highest BCUT2D eigenvalue weighted by atomic mass is 16.5. The fraction of sp³-hybridized carbons (Fsp3) is 0.364. The molecule has 0 spiro atoms. The zero-order chi connectivity index (χ0) is 17.4. The molecule has 2 rings (SSSR count). The summed E-state index contributed by atoms with van der Waals surface area (Å²) in [5.41, 5.74) is 4.89. The Balaban J connectivity index is 2.04. The molecule has 0 aliphatic carbocycles. The molecule has 0 aliphatic heterocycles. The number of rotatable bonds is 8. The molecule has 0 amide bonds. The van der Waals surface area contributed by atoms with Crippen LogP contribution >= 0.6 is 0 Å². The molecule has 1 N–H and O–H groups in total. The van der Waals surface area contributed by atoms with Gasteiger partial charge in [-0.25, -0.2) is 0 Å². The molecular formula is C22H29NO. The SMILES string of the molecule is COc1ccc(-c2ccccc2)cc1NC[C@@H](C)CCC=C(C)C. The molecule has 0 aliphatic rings. The third-order valence-corrected chi connectivity index (χ3v) is 4.16. The standard InChI is InChI=1S/C22H29NO/c1-17(2)9-8-10-18(3)16-23-21-15-20(13-14-22(21)24-4)19-11-6-5-7-12-19/h5-7,9,11-15,18,23H,8,10,16H2,1-4H3/t18-/m0/s1. The van der Waals surface area contributed by atoms with E-state index in [-0.39, 0.29) is 0 Å². The third kappa shape index (κ3) is 5.45. The minimum absolute atomic E-state index is 0.616. The number of methoxy groups -OCH3 is 1. The lowest BCUT2D eigenvalue weighted by atomic mass is 10.0. The van der Waals surface area contributed by atoms with Gasteiger partial charge in [0.15, 0.2) is 0 Å². The van der Waals surface area contributed by atoms with Gasteiger partial charge in [0.1, 0.15) is 5.75 Å². The second kappa shape index (κ2) is 9.17. The van der Waals surface area contributed by atoms with Crippen LogP contribution < -0.4 is 10.1 Å². The number of ether oxygens (including phenoxy) is 1. The van der Waals surface area contributed by atoms with Crippen molar-refractivity contribution in [3.05, 3.63) is 60.2 Å². The van der Waals surface area contributed by atoms with Crippen LogP contribution in [0.2, 0.25) is 0 Å². The summed E-state index contributed by atoms with van der Waals surface area (Å²) in [7, 11) is 1.72. The molecule has 0 aromatic heterocycles. The average Bonchev–Trinajstić information content (AvgIpc) is 2.60. The van der Waals surface area contributed by atoms with Crippen LogP contribution in [0, 0.1) is 5.92 Å². The summed E-state index contributed by atoms with van der Waals surface area (Å²) in [5, 5.41) is 3.57. The molecule has 2 nitrogen and oxygen atoms in total. The fourth-order valence-corrected chi connectivity index (χ4v) is 2.70. The van der Waals surface area contributed by atoms with Crippen LogP contribution in [0.4, 0.5) is 5.69 Å². The van der Waals surface area contributed by atoms with E-state index in [1.807, 2.05) is 12.1 Å². The minimum atomic E-state index is 0.616. The maximum Gasteiger partial charge on any atom is 0.141 e. The Kier molecular flexibility index (Phi) is 6.92. The summed E-state index contributed by atoms with van der Waals surface area (Å²) in [6, 6.07) is 16.8. The van der Waals surface area contributed by atoms with Crippen molar-refractivity contribution in [1.82, 2.24) is 0 Å². The fourth-order valence-electron chi connectivity index (χ4n) is 2.70. The van der Waals surface area contributed by atoms with Gasteiger partial charge in [-0.05, 0) is 55.9 Å². The van der Waals surface area contributed by atoms with Crippen LogP contribution in [0.1, 0.15) is 33.6 Å². The largest absolute Gasteiger partial charge is 0.495 e. The predicted octanol–water partition coefficient (Wildman–Crippen LogP) is 6.16. The summed E-state index contributed by atoms with van der Waals surface area (Å²) in [5.74, 6) is 1.51. The highest BCUT2D eigenvalue weighted by Gasteiger charge is 2.08. The summed E-state index contributed by atoms with van der Waals surface area (Å²) >= 11 is 0. The van der Waals surface area contributed by atoms with Crippen molar-refractivity contribution in [3.8, 4) is 16.9 Å². The number of allylic oxidation sites excluding steroid dienone is 2. The third-order valence-electron chi connectivity index (χ3n) is 4.16. The monoisotopic (exact) mass is 323 g/mol. The van der Waals surface area contributed by atoms with Gasteiger partial charge in [-0.3, -0.25) is 0 Å². The van der Waals surface area contributed by atoms with E-state index in [0.717, 1.165) is 24.4 Å². The number of hydrogen-bond donors (Lipinski definition) is 1. The van der Waals surface area contributed by atoms with E-state index in [0.29, 0.717) is 5.92 Å². The van der Waals surface area contributed by atoms with Crippen LogP contribution in [-0.2, 0) is 0 Å². The molecule has 0 radical (unpaired) electrons. The lowest BCUT2D eigenvalue weighted by Gasteiger charge is -2.16. The quantitative estimate of drug-likeness (QED) is 0.588. The Morgan fingerprint density at radius 1 is 1.08 bits per heavy atom. The molecule has 2 aromatic rings. The Morgan fingerprint density at radius 3 is 2.50 bits per heavy atom. The predicted molar refractivity (Wildman–Crippen MR) is 105 cm³/mol. The highest BCUT2D eigenvalue weighted by molar-refractivity contribution is 5.71. The van der Waals surface area contributed by atoms with Crippen molar-refractivity contribution in [3.63, 3.8) is 0 Å². The summed E-state index contributed by atoms with van der Waals surface area (Å²) in [4.78, 5) is 0. The lowest BCUT2D eigenvalue weighted by molar-refractivity contribution is 0.416. The van der Waals surface area contributed by atoms with Gasteiger partial charge in [0.25, 0.3) is 0 Å². The first kappa shape index (κ1) is 18.1. The van der Waals surface area contributed by atoms with Gasteiger partial charge in [-0.15, -0.1) is 0 Å². The maximum absolute atomic E-state index is 5.51. The molecular weight excluding hydrogens is 294 g/mol. The van der Waals surface area contributed by atoms with Crippen molar-refractivity contribution in [2.24, 2.45) is 5.92 Å². The summed E-state index contributed by atoms with van der Waals surface area (Å²) < 4.78 is 5.51. The van der Waals surface area contributed by atoms with E-state index in [9.17, 15) is 0 Å². The first-order valence-electron chi connectivity index (χ1n) is 8.71. The second-order valence-electron chi connectivity index (χ2n) is 6.63. The number of benzene rings is 2. The number of anilines is 1. The Hall–Kier alpha value is -2.22. The van der Waals surface area contributed by atoms with E-state index in [1.165, 1.54) is 23.1 Å². The Morgan fingerprint density at radius 2 is 1.83 bits per heavy atom. The summed E-state index contributed by atoms with van der Waals surface area (Å²) in [6.45, 7) is 7.55. The van der Waals surface area contributed by atoms with Gasteiger partial charge >= 0.3 is 0 Å². The first-order chi connectivity index (χ1) is 11.6. The van der Waals surface area contributed by atoms with Crippen molar-refractivity contribution in [1.29, 1.82) is 0 Å². The van der Waals surface area contributed by atoms with Gasteiger partial charge in [-0.2, -0.15) is 0 Å². The smallest absolute Gasteiger partial charge is 0.141 e. The topological polar surface area (TPSA) is 21.3 Å². The van der Waals surface area contributed by atoms with Crippen LogP contribution in [-0.4, -0.2) is 13.7 Å². The Bertz CT molecular complexity index is 657. The molecule has 0 unspecified atom stereocenters. The van der Waals surface area contributed by atoms with E-state index in [4.69, 9.17) is 4.74 Å². The van der Waals surface area contributed by atoms with Crippen molar-refractivity contribution in [2.75, 3.05) is 19.0 Å². The first-order valence-corrected chi connectivity index (χ1v) is 8.71. The number of nitrogens with one attached hydrogen (secondary N) is 1. The van der Waals surface area contributed by atoms with Gasteiger partial charge < -0.3 is 10.1 Å². The van der Waals surface area contributed by atoms with E-state index < -0.39 is 0 Å². The van der Waals surface area contributed by atoms with Crippen molar-refractivity contribution in [2.45, 2.75) is 33.6 Å². The van der Waals surface area contributed by atoms with Crippen molar-refractivity contribution < 1.29 is 4.74 Å². The molecule has 0 heterocycles. The van der Waals surface area contributed by atoms with Crippen LogP contribution in [0.3, 0.4) is 0 Å². The van der Waals surface area contributed by atoms with Gasteiger partial charge in [-0.1, -0.05) is 55.0 Å². The average molecular weight is 323 g/mol. The maximum atomic E-state index is 5.51. The molecule has 128 valence electrons. The molecule has 24 heavy (non-hydrogen) atoms. The van der Waals surface area contributed by atoms with E-state index in [1.54, 1.807) is 7.11 Å². The van der Waals surface area contributed by atoms with Crippen LogP contribution in [0.5, 0.6) is 5.75 Å². The van der Waals surface area contributed by atoms with Crippen LogP contribution in [0.15, 0.2) is 60.2 Å². The molecule has 0 fully saturated rings. The normalized spacial score (nSPS) is 11.7. The minimum Gasteiger partial charge on any atom is -0.495 e. The molecule has 0 saturated carbocycles. The van der Waals surface area contributed by atoms with E-state index in [2.05, 4.69) is 68.6 Å². The zero-order valence-corrected chi connectivity index (χ0v) is 15.3. The molecule has 2 aromatic carbocycles. The molecule has 2 heteroatoms. The Labute approximate surface area is 146 Å². The number of hydrogen-bond acceptors (Lipinski definition) is 2. The lowest BCUT2D eigenvalue weighted by Crippen LogP contribution is -2.11. The highest BCUT2D eigenvalue weighted by Crippen LogP contribution is 2.30. The van der Waals surface area contributed by atoms with Crippen LogP contribution in [0.25, 0.3) is 11.1 Å². The van der Waals surface area contributed by atoms with Gasteiger partial charge in [0.2, 0.25) is 0 Å². The molecule has 0 saturated heterocycles. The van der Waals surface area contributed by atoms with E-state index >= 15 is 0 Å². The van der Waals surface area contributed by atoms with Crippen molar-refractivity contribution >= 4 is 5.69 Å². The molecule has 0 bridgehead atoms.